The minimum absolute atomic E-state index is 0.0282. The molecule has 34 heavy (non-hydrogen) atoms. The molecule has 0 spiro atoms. The SMILES string of the molecule is Cc1cc(C(C)(C)C)c2c(c1)c1nccc3cc(CC(C)(C)C#N)c4c5ccccc5n2c4c31. The molecular weight excluding hydrogens is 414 g/mol. The van der Waals surface area contributed by atoms with Gasteiger partial charge in [-0.15, -0.1) is 0 Å². The van der Waals surface area contributed by atoms with E-state index in [9.17, 15) is 5.26 Å². The molecule has 6 rings (SSSR count). The monoisotopic (exact) mass is 443 g/mol. The zero-order valence-corrected chi connectivity index (χ0v) is 20.7. The summed E-state index contributed by atoms with van der Waals surface area (Å²) in [6, 6.07) is 20.3. The fourth-order valence-corrected chi connectivity index (χ4v) is 5.77. The average Bonchev–Trinajstić information content (AvgIpc) is 3.13. The number of fused-ring (bicyclic) bond motifs is 6. The van der Waals surface area contributed by atoms with Crippen LogP contribution in [0.3, 0.4) is 0 Å². The second-order valence-electron chi connectivity index (χ2n) is 11.5. The van der Waals surface area contributed by atoms with Crippen LogP contribution in [0.1, 0.15) is 51.3 Å². The fraction of sp³-hybridized carbons (Fsp3) is 0.290. The van der Waals surface area contributed by atoms with Gasteiger partial charge in [-0.2, -0.15) is 5.26 Å². The highest BCUT2D eigenvalue weighted by Crippen LogP contribution is 2.45. The third-order valence-electron chi connectivity index (χ3n) is 7.22. The molecule has 3 aromatic carbocycles. The number of aryl methyl sites for hydroxylation is 1. The molecule has 0 bridgehead atoms. The largest absolute Gasteiger partial charge is 0.308 e. The van der Waals surface area contributed by atoms with E-state index in [1.165, 1.54) is 60.2 Å². The molecule has 3 aromatic heterocycles. The lowest BCUT2D eigenvalue weighted by atomic mass is 9.83. The first kappa shape index (κ1) is 20.9. The minimum Gasteiger partial charge on any atom is -0.308 e. The van der Waals surface area contributed by atoms with Gasteiger partial charge in [0.1, 0.15) is 0 Å². The summed E-state index contributed by atoms with van der Waals surface area (Å²) in [6.07, 6.45) is 2.64. The van der Waals surface area contributed by atoms with Gasteiger partial charge in [0, 0.05) is 27.7 Å². The molecule has 168 valence electrons. The van der Waals surface area contributed by atoms with Gasteiger partial charge in [-0.05, 0) is 67.3 Å². The summed E-state index contributed by atoms with van der Waals surface area (Å²) in [7, 11) is 0. The number of rotatable bonds is 2. The first-order chi connectivity index (χ1) is 16.1. The second kappa shape index (κ2) is 6.70. The quantitative estimate of drug-likeness (QED) is 0.200. The number of para-hydroxylation sites is 1. The van der Waals surface area contributed by atoms with Crippen molar-refractivity contribution in [2.45, 2.75) is 53.4 Å². The van der Waals surface area contributed by atoms with Gasteiger partial charge in [0.15, 0.2) is 0 Å². The lowest BCUT2D eigenvalue weighted by Crippen LogP contribution is -2.14. The lowest BCUT2D eigenvalue weighted by molar-refractivity contribution is 0.495. The minimum atomic E-state index is -0.449. The average molecular weight is 444 g/mol. The molecule has 3 heteroatoms. The van der Waals surface area contributed by atoms with Crippen LogP contribution in [-0.4, -0.2) is 9.38 Å². The van der Waals surface area contributed by atoms with E-state index in [2.05, 4.69) is 86.7 Å². The van der Waals surface area contributed by atoms with Crippen molar-refractivity contribution in [3.63, 3.8) is 0 Å². The van der Waals surface area contributed by atoms with E-state index in [1.807, 2.05) is 20.0 Å². The van der Waals surface area contributed by atoms with Crippen molar-refractivity contribution in [2.24, 2.45) is 5.41 Å². The molecule has 0 aliphatic rings. The van der Waals surface area contributed by atoms with E-state index in [1.54, 1.807) is 0 Å². The van der Waals surface area contributed by atoms with Crippen LogP contribution >= 0.6 is 0 Å². The highest BCUT2D eigenvalue weighted by atomic mass is 14.9. The Labute approximate surface area is 200 Å². The van der Waals surface area contributed by atoms with E-state index < -0.39 is 5.41 Å². The molecule has 0 radical (unpaired) electrons. The first-order valence-corrected chi connectivity index (χ1v) is 12.0. The predicted molar refractivity (Wildman–Crippen MR) is 143 cm³/mol. The zero-order valence-electron chi connectivity index (χ0n) is 20.7. The van der Waals surface area contributed by atoms with E-state index in [-0.39, 0.29) is 5.41 Å². The summed E-state index contributed by atoms with van der Waals surface area (Å²) in [5, 5.41) is 15.9. The lowest BCUT2D eigenvalue weighted by Gasteiger charge is -2.25. The zero-order chi connectivity index (χ0) is 24.0. The van der Waals surface area contributed by atoms with Crippen LogP contribution < -0.4 is 0 Å². The molecule has 3 nitrogen and oxygen atoms in total. The normalized spacial score (nSPS) is 13.1. The number of hydrogen-bond acceptors (Lipinski definition) is 2. The van der Waals surface area contributed by atoms with Gasteiger partial charge < -0.3 is 4.40 Å². The Hall–Kier alpha value is -3.64. The van der Waals surface area contributed by atoms with E-state index >= 15 is 0 Å². The molecule has 6 aromatic rings. The van der Waals surface area contributed by atoms with Crippen LogP contribution in [0.2, 0.25) is 0 Å². The molecule has 0 amide bonds. The smallest absolute Gasteiger partial charge is 0.0822 e. The van der Waals surface area contributed by atoms with Gasteiger partial charge in [0.2, 0.25) is 0 Å². The third-order valence-corrected chi connectivity index (χ3v) is 7.22. The van der Waals surface area contributed by atoms with Crippen molar-refractivity contribution in [1.82, 2.24) is 9.38 Å². The van der Waals surface area contributed by atoms with Crippen LogP contribution in [0.5, 0.6) is 0 Å². The van der Waals surface area contributed by atoms with E-state index in [0.29, 0.717) is 6.42 Å². The molecule has 0 N–H and O–H groups in total. The van der Waals surface area contributed by atoms with Crippen molar-refractivity contribution in [2.75, 3.05) is 0 Å². The van der Waals surface area contributed by atoms with Crippen molar-refractivity contribution in [1.29, 1.82) is 5.26 Å². The van der Waals surface area contributed by atoms with Crippen molar-refractivity contribution >= 4 is 49.0 Å². The van der Waals surface area contributed by atoms with E-state index in [0.717, 1.165) is 5.52 Å². The number of pyridine rings is 2. The maximum absolute atomic E-state index is 9.83. The summed E-state index contributed by atoms with van der Waals surface area (Å²) in [4.78, 5) is 4.95. The molecule has 0 aliphatic heterocycles. The van der Waals surface area contributed by atoms with Gasteiger partial charge in [0.05, 0.1) is 33.6 Å². The fourth-order valence-electron chi connectivity index (χ4n) is 5.77. The third kappa shape index (κ3) is 2.78. The Bertz CT molecular complexity index is 1800. The summed E-state index contributed by atoms with van der Waals surface area (Å²) >= 11 is 0. The molecule has 0 saturated carbocycles. The summed E-state index contributed by atoms with van der Waals surface area (Å²) in [6.45, 7) is 13.1. The highest BCUT2D eigenvalue weighted by Gasteiger charge is 2.27. The summed E-state index contributed by atoms with van der Waals surface area (Å²) in [5.74, 6) is 0. The van der Waals surface area contributed by atoms with Gasteiger partial charge in [0.25, 0.3) is 0 Å². The van der Waals surface area contributed by atoms with Crippen LogP contribution in [0.15, 0.2) is 54.7 Å². The molecule has 0 fully saturated rings. The van der Waals surface area contributed by atoms with E-state index in [4.69, 9.17) is 4.98 Å². The Kier molecular flexibility index (Phi) is 4.13. The van der Waals surface area contributed by atoms with Gasteiger partial charge in [-0.3, -0.25) is 4.98 Å². The second-order valence-corrected chi connectivity index (χ2v) is 11.5. The molecule has 0 atom stereocenters. The maximum atomic E-state index is 9.83. The first-order valence-electron chi connectivity index (χ1n) is 12.0. The Morgan fingerprint density at radius 3 is 2.41 bits per heavy atom. The summed E-state index contributed by atoms with van der Waals surface area (Å²) in [5.41, 5.74) is 8.09. The molecule has 0 unspecified atom stereocenters. The standard InChI is InChI=1S/C31H29N3/c1-18-13-22-27-26-19(11-12-33-27)15-20(16-31(5,6)17-32)25-21-9-7-8-10-24(21)34(29(25)26)28(22)23(14-18)30(2,3)4/h7-15H,16H2,1-6H3. The molecule has 0 aliphatic carbocycles. The van der Waals surface area contributed by atoms with Crippen LogP contribution in [-0.2, 0) is 11.8 Å². The highest BCUT2D eigenvalue weighted by molar-refractivity contribution is 6.28. The van der Waals surface area contributed by atoms with Gasteiger partial charge >= 0.3 is 0 Å². The van der Waals surface area contributed by atoms with Crippen molar-refractivity contribution < 1.29 is 0 Å². The Balaban J connectivity index is 1.99. The number of nitrogens with zero attached hydrogens (tertiary/aromatic N) is 3. The number of nitriles is 1. The van der Waals surface area contributed by atoms with Crippen LogP contribution in [0, 0.1) is 23.7 Å². The van der Waals surface area contributed by atoms with Gasteiger partial charge in [-0.1, -0.05) is 56.7 Å². The molecular formula is C31H29N3. The maximum Gasteiger partial charge on any atom is 0.0822 e. The van der Waals surface area contributed by atoms with Crippen LogP contribution in [0.4, 0.5) is 0 Å². The summed E-state index contributed by atoms with van der Waals surface area (Å²) < 4.78 is 2.49. The predicted octanol–water partition coefficient (Wildman–Crippen LogP) is 8.08. The van der Waals surface area contributed by atoms with Crippen LogP contribution in [0.25, 0.3) is 49.0 Å². The number of benzene rings is 3. The van der Waals surface area contributed by atoms with Crippen molar-refractivity contribution in [3.8, 4) is 6.07 Å². The van der Waals surface area contributed by atoms with Crippen molar-refractivity contribution in [3.05, 3.63) is 71.4 Å². The Morgan fingerprint density at radius 2 is 1.68 bits per heavy atom. The molecule has 3 heterocycles. The topological polar surface area (TPSA) is 41.1 Å². The van der Waals surface area contributed by atoms with Gasteiger partial charge in [-0.25, -0.2) is 0 Å². The Morgan fingerprint density at radius 1 is 0.912 bits per heavy atom. The molecule has 0 saturated heterocycles. The number of aromatic nitrogens is 2. The number of hydrogen-bond donors (Lipinski definition) is 0.